The molecule has 11 heteroatoms. The number of thioether (sulfide) groups is 1. The monoisotopic (exact) mass is 364 g/mol. The van der Waals surface area contributed by atoms with Gasteiger partial charge in [-0.25, -0.2) is 4.79 Å². The van der Waals surface area contributed by atoms with Crippen molar-refractivity contribution < 1.29 is 29.4 Å². The second kappa shape index (κ2) is 11.6. The highest BCUT2D eigenvalue weighted by Gasteiger charge is 2.23. The molecule has 3 atom stereocenters. The van der Waals surface area contributed by atoms with E-state index >= 15 is 0 Å². The number of carboxylic acid groups (broad SMARTS) is 1. The molecular formula is C13H24N4O6S. The number of carboxylic acids is 1. The fraction of sp³-hybridized carbons (Fsp3) is 0.692. The maximum absolute atomic E-state index is 11.8. The van der Waals surface area contributed by atoms with Crippen LogP contribution in [0.5, 0.6) is 0 Å². The number of amides is 3. The molecule has 0 aliphatic carbocycles. The molecular weight excluding hydrogens is 340 g/mol. The van der Waals surface area contributed by atoms with Gasteiger partial charge in [0, 0.05) is 0 Å². The average Bonchev–Trinajstić information content (AvgIpc) is 2.53. The van der Waals surface area contributed by atoms with Crippen LogP contribution in [0.15, 0.2) is 0 Å². The number of aliphatic carboxylic acids is 1. The highest BCUT2D eigenvalue weighted by molar-refractivity contribution is 7.98. The van der Waals surface area contributed by atoms with Crippen molar-refractivity contribution in [3.8, 4) is 0 Å². The van der Waals surface area contributed by atoms with Crippen LogP contribution in [0.2, 0.25) is 0 Å². The minimum absolute atomic E-state index is 0.250. The average molecular weight is 364 g/mol. The van der Waals surface area contributed by atoms with Gasteiger partial charge in [0.2, 0.25) is 17.7 Å². The van der Waals surface area contributed by atoms with Gasteiger partial charge in [0.25, 0.3) is 0 Å². The summed E-state index contributed by atoms with van der Waals surface area (Å²) in [6.45, 7) is 0.263. The lowest BCUT2D eigenvalue weighted by molar-refractivity contribution is -0.141. The number of carbonyl (C=O) groups excluding carboxylic acids is 3. The van der Waals surface area contributed by atoms with E-state index in [1.54, 1.807) is 0 Å². The molecule has 7 N–H and O–H groups in total. The summed E-state index contributed by atoms with van der Waals surface area (Å²) in [4.78, 5) is 45.9. The Balaban J connectivity index is 4.42. The lowest BCUT2D eigenvalue weighted by Gasteiger charge is -2.18. The van der Waals surface area contributed by atoms with Gasteiger partial charge in [0.15, 0.2) is 0 Å². The molecule has 0 fully saturated rings. The van der Waals surface area contributed by atoms with Crippen molar-refractivity contribution in [1.29, 1.82) is 0 Å². The first-order chi connectivity index (χ1) is 11.2. The van der Waals surface area contributed by atoms with Crippen LogP contribution in [-0.2, 0) is 19.2 Å². The summed E-state index contributed by atoms with van der Waals surface area (Å²) in [6, 6.07) is -3.15. The third-order valence-electron chi connectivity index (χ3n) is 2.90. The van der Waals surface area contributed by atoms with E-state index in [0.717, 1.165) is 0 Å². The van der Waals surface area contributed by atoms with Crippen LogP contribution in [0.1, 0.15) is 13.3 Å². The van der Waals surface area contributed by atoms with Crippen LogP contribution >= 0.6 is 11.8 Å². The van der Waals surface area contributed by atoms with E-state index < -0.39 is 55.0 Å². The highest BCUT2D eigenvalue weighted by atomic mass is 32.2. The third-order valence-corrected chi connectivity index (χ3v) is 3.54. The molecule has 0 aromatic heterocycles. The Morgan fingerprint density at radius 3 is 2.21 bits per heavy atom. The Labute approximate surface area is 143 Å². The van der Waals surface area contributed by atoms with E-state index in [1.165, 1.54) is 18.7 Å². The van der Waals surface area contributed by atoms with Crippen molar-refractivity contribution in [2.45, 2.75) is 31.5 Å². The number of hydrogen-bond donors (Lipinski definition) is 6. The second-order valence-electron chi connectivity index (χ2n) is 4.99. The summed E-state index contributed by atoms with van der Waals surface area (Å²) >= 11 is 1.44. The smallest absolute Gasteiger partial charge is 0.326 e. The van der Waals surface area contributed by atoms with Crippen LogP contribution in [0.4, 0.5) is 0 Å². The van der Waals surface area contributed by atoms with Crippen molar-refractivity contribution in [2.75, 3.05) is 25.2 Å². The molecule has 0 aliphatic heterocycles. The molecule has 138 valence electrons. The minimum atomic E-state index is -1.25. The zero-order chi connectivity index (χ0) is 18.7. The number of carbonyl (C=O) groups is 4. The molecule has 0 saturated heterocycles. The molecule has 0 heterocycles. The van der Waals surface area contributed by atoms with Crippen LogP contribution in [-0.4, -0.2) is 77.2 Å². The number of hydrogen-bond acceptors (Lipinski definition) is 7. The molecule has 0 rings (SSSR count). The molecule has 0 aromatic carbocycles. The summed E-state index contributed by atoms with van der Waals surface area (Å²) in [5, 5.41) is 24.8. The fourth-order valence-electron chi connectivity index (χ4n) is 1.53. The fourth-order valence-corrected chi connectivity index (χ4v) is 2.00. The van der Waals surface area contributed by atoms with Crippen molar-refractivity contribution in [3.05, 3.63) is 0 Å². The summed E-state index contributed by atoms with van der Waals surface area (Å²) in [5.41, 5.74) is 5.34. The molecule has 3 amide bonds. The van der Waals surface area contributed by atoms with Gasteiger partial charge in [-0.15, -0.1) is 0 Å². The standard InChI is InChI=1S/C13H24N4O6S/c1-7(14)11(20)17-9(6-18)12(21)15-5-10(19)16-8(13(22)23)3-4-24-2/h7-9,18H,3-6,14H2,1-2H3,(H,15,21)(H,16,19)(H,17,20)(H,22,23). The Morgan fingerprint density at radius 1 is 1.12 bits per heavy atom. The molecule has 0 saturated carbocycles. The molecule has 0 aliphatic rings. The summed E-state index contributed by atoms with van der Waals surface area (Å²) in [7, 11) is 0. The van der Waals surface area contributed by atoms with Gasteiger partial charge in [-0.3, -0.25) is 14.4 Å². The lowest BCUT2D eigenvalue weighted by atomic mass is 10.2. The number of nitrogens with two attached hydrogens (primary N) is 1. The highest BCUT2D eigenvalue weighted by Crippen LogP contribution is 2.00. The van der Waals surface area contributed by atoms with E-state index in [0.29, 0.717) is 5.75 Å². The summed E-state index contributed by atoms with van der Waals surface area (Å²) in [6.07, 6.45) is 2.06. The van der Waals surface area contributed by atoms with Gasteiger partial charge in [0.1, 0.15) is 12.1 Å². The molecule has 0 aromatic rings. The van der Waals surface area contributed by atoms with E-state index in [-0.39, 0.29) is 6.42 Å². The predicted octanol–water partition coefficient (Wildman–Crippen LogP) is -2.75. The minimum Gasteiger partial charge on any atom is -0.480 e. The first-order valence-corrected chi connectivity index (χ1v) is 8.57. The third kappa shape index (κ3) is 8.70. The topological polar surface area (TPSA) is 171 Å². The normalized spacial score (nSPS) is 14.2. The maximum Gasteiger partial charge on any atom is 0.326 e. The second-order valence-corrected chi connectivity index (χ2v) is 5.98. The summed E-state index contributed by atoms with van der Waals surface area (Å²) in [5.74, 6) is -2.71. The van der Waals surface area contributed by atoms with Gasteiger partial charge in [0.05, 0.1) is 19.2 Å². The van der Waals surface area contributed by atoms with Crippen LogP contribution in [0, 0.1) is 0 Å². The first-order valence-electron chi connectivity index (χ1n) is 7.18. The van der Waals surface area contributed by atoms with Gasteiger partial charge in [-0.1, -0.05) is 0 Å². The van der Waals surface area contributed by atoms with Crippen molar-refractivity contribution >= 4 is 35.5 Å². The number of nitrogens with one attached hydrogen (secondary N) is 3. The Bertz CT molecular complexity index is 460. The number of aliphatic hydroxyl groups is 1. The summed E-state index contributed by atoms with van der Waals surface area (Å²) < 4.78 is 0. The Kier molecular flexibility index (Phi) is 10.8. The van der Waals surface area contributed by atoms with Gasteiger partial charge in [-0.05, 0) is 25.4 Å². The quantitative estimate of drug-likeness (QED) is 0.229. The SMILES string of the molecule is CSCCC(NC(=O)CNC(=O)C(CO)NC(=O)C(C)N)C(=O)O. The molecule has 24 heavy (non-hydrogen) atoms. The van der Waals surface area contributed by atoms with Crippen LogP contribution < -0.4 is 21.7 Å². The molecule has 0 spiro atoms. The van der Waals surface area contributed by atoms with Gasteiger partial charge < -0.3 is 31.9 Å². The lowest BCUT2D eigenvalue weighted by Crippen LogP contribution is -2.54. The van der Waals surface area contributed by atoms with Crippen molar-refractivity contribution in [1.82, 2.24) is 16.0 Å². The number of rotatable bonds is 11. The maximum atomic E-state index is 11.8. The largest absolute Gasteiger partial charge is 0.480 e. The molecule has 0 radical (unpaired) electrons. The zero-order valence-electron chi connectivity index (χ0n) is 13.6. The van der Waals surface area contributed by atoms with Crippen molar-refractivity contribution in [3.63, 3.8) is 0 Å². The number of aliphatic hydroxyl groups excluding tert-OH is 1. The van der Waals surface area contributed by atoms with E-state index in [2.05, 4.69) is 16.0 Å². The van der Waals surface area contributed by atoms with Crippen LogP contribution in [0.3, 0.4) is 0 Å². The van der Waals surface area contributed by atoms with Gasteiger partial charge in [-0.2, -0.15) is 11.8 Å². The molecule has 0 bridgehead atoms. The van der Waals surface area contributed by atoms with E-state index in [4.69, 9.17) is 15.9 Å². The zero-order valence-corrected chi connectivity index (χ0v) is 14.4. The Morgan fingerprint density at radius 2 is 1.75 bits per heavy atom. The van der Waals surface area contributed by atoms with E-state index in [9.17, 15) is 19.2 Å². The van der Waals surface area contributed by atoms with Crippen molar-refractivity contribution in [2.24, 2.45) is 5.73 Å². The Hall–Kier alpha value is -1.85. The molecule has 10 nitrogen and oxygen atoms in total. The van der Waals surface area contributed by atoms with Crippen LogP contribution in [0.25, 0.3) is 0 Å². The van der Waals surface area contributed by atoms with E-state index in [1.807, 2.05) is 6.26 Å². The van der Waals surface area contributed by atoms with Gasteiger partial charge >= 0.3 is 5.97 Å². The molecule has 3 unspecified atom stereocenters. The first kappa shape index (κ1) is 22.1. The predicted molar refractivity (Wildman–Crippen MR) is 88.2 cm³/mol.